The molecule has 3 rings (SSSR count). The van der Waals surface area contributed by atoms with Gasteiger partial charge < -0.3 is 9.88 Å². The lowest BCUT2D eigenvalue weighted by Crippen LogP contribution is -2.22. The van der Waals surface area contributed by atoms with Crippen molar-refractivity contribution in [3.8, 4) is 0 Å². The van der Waals surface area contributed by atoms with Gasteiger partial charge in [-0.2, -0.15) is 0 Å². The fraction of sp³-hybridized carbons (Fsp3) is 0.400. The Labute approximate surface area is 107 Å². The molecule has 0 radical (unpaired) electrons. The second-order valence-electron chi connectivity index (χ2n) is 4.97. The number of fused-ring (bicyclic) bond motifs is 1. The lowest BCUT2D eigenvalue weighted by Gasteiger charge is -2.13. The number of carbonyl (C=O) groups excluding carboxylic acids is 1. The third-order valence-corrected chi connectivity index (χ3v) is 3.74. The Hall–Kier alpha value is -1.61. The summed E-state index contributed by atoms with van der Waals surface area (Å²) in [5.74, 6) is 0.249. The van der Waals surface area contributed by atoms with E-state index in [9.17, 15) is 4.79 Å². The van der Waals surface area contributed by atoms with Crippen LogP contribution in [-0.4, -0.2) is 35.3 Å². The minimum atomic E-state index is 0.249. The Kier molecular flexibility index (Phi) is 3.15. The van der Waals surface area contributed by atoms with Gasteiger partial charge in [0.2, 0.25) is 0 Å². The zero-order valence-electron chi connectivity index (χ0n) is 10.5. The molecule has 1 aromatic heterocycles. The van der Waals surface area contributed by atoms with Crippen molar-refractivity contribution in [2.24, 2.45) is 0 Å². The predicted octanol–water partition coefficient (Wildman–Crippen LogP) is 2.84. The molecule has 94 valence electrons. The van der Waals surface area contributed by atoms with Gasteiger partial charge in [0.1, 0.15) is 0 Å². The Bertz CT molecular complexity index is 552. The number of nitrogens with one attached hydrogen (secondary N) is 1. The fourth-order valence-electron chi connectivity index (χ4n) is 2.70. The molecule has 0 spiro atoms. The molecule has 0 bridgehead atoms. The molecular weight excluding hydrogens is 224 g/mol. The normalized spacial score (nSPS) is 16.4. The molecule has 1 aliphatic rings. The van der Waals surface area contributed by atoms with E-state index in [1.807, 2.05) is 30.5 Å². The van der Waals surface area contributed by atoms with Gasteiger partial charge in [-0.15, -0.1) is 0 Å². The lowest BCUT2D eigenvalue weighted by atomic mass is 10.1. The molecule has 0 atom stereocenters. The summed E-state index contributed by atoms with van der Waals surface area (Å²) < 4.78 is 0. The van der Waals surface area contributed by atoms with E-state index < -0.39 is 0 Å². The number of rotatable bonds is 4. The number of Topliss-reactive ketones (excluding diaryl/α,β-unsaturated/α-hetero) is 1. The highest BCUT2D eigenvalue weighted by Crippen LogP contribution is 2.19. The molecule has 1 saturated heterocycles. The van der Waals surface area contributed by atoms with Crippen molar-refractivity contribution in [2.75, 3.05) is 19.6 Å². The van der Waals surface area contributed by atoms with Gasteiger partial charge in [0, 0.05) is 35.6 Å². The number of nitrogens with zero attached hydrogens (tertiary/aromatic N) is 1. The number of hydrogen-bond donors (Lipinski definition) is 1. The zero-order chi connectivity index (χ0) is 12.4. The smallest absolute Gasteiger partial charge is 0.166 e. The van der Waals surface area contributed by atoms with Gasteiger partial charge in [0.05, 0.1) is 0 Å². The zero-order valence-corrected chi connectivity index (χ0v) is 10.5. The van der Waals surface area contributed by atoms with E-state index in [1.165, 1.54) is 12.8 Å². The summed E-state index contributed by atoms with van der Waals surface area (Å²) in [6.07, 6.45) is 5.03. The minimum Gasteiger partial charge on any atom is -0.360 e. The summed E-state index contributed by atoms with van der Waals surface area (Å²) >= 11 is 0. The topological polar surface area (TPSA) is 36.1 Å². The number of aromatic amines is 1. The van der Waals surface area contributed by atoms with Gasteiger partial charge in [0.15, 0.2) is 5.78 Å². The number of ketones is 1. The standard InChI is InChI=1S/C15H18N2O/c18-15(7-10-17-8-3-4-9-17)13-11-16-14-6-2-1-5-12(13)14/h1-2,5-6,11,16H,3-4,7-10H2. The molecular formula is C15H18N2O. The molecule has 1 fully saturated rings. The Morgan fingerprint density at radius 1 is 1.22 bits per heavy atom. The average molecular weight is 242 g/mol. The maximum absolute atomic E-state index is 12.2. The molecule has 0 saturated carbocycles. The number of aromatic nitrogens is 1. The van der Waals surface area contributed by atoms with Crippen molar-refractivity contribution in [3.05, 3.63) is 36.0 Å². The molecule has 1 aromatic carbocycles. The van der Waals surface area contributed by atoms with Gasteiger partial charge in [0.25, 0.3) is 0 Å². The van der Waals surface area contributed by atoms with Gasteiger partial charge in [-0.1, -0.05) is 18.2 Å². The highest BCUT2D eigenvalue weighted by Gasteiger charge is 2.15. The first-order chi connectivity index (χ1) is 8.84. The first kappa shape index (κ1) is 11.5. The number of benzene rings is 1. The summed E-state index contributed by atoms with van der Waals surface area (Å²) in [5.41, 5.74) is 1.88. The second kappa shape index (κ2) is 4.94. The molecule has 0 aliphatic carbocycles. The molecule has 1 aliphatic heterocycles. The van der Waals surface area contributed by atoms with Gasteiger partial charge in [-0.05, 0) is 32.0 Å². The van der Waals surface area contributed by atoms with E-state index in [-0.39, 0.29) is 5.78 Å². The van der Waals surface area contributed by atoms with Crippen LogP contribution >= 0.6 is 0 Å². The van der Waals surface area contributed by atoms with Crippen LogP contribution in [0.25, 0.3) is 10.9 Å². The molecule has 2 heterocycles. The van der Waals surface area contributed by atoms with Crippen LogP contribution in [0.15, 0.2) is 30.5 Å². The number of carbonyl (C=O) groups is 1. The highest BCUT2D eigenvalue weighted by atomic mass is 16.1. The van der Waals surface area contributed by atoms with Crippen molar-refractivity contribution >= 4 is 16.7 Å². The number of para-hydroxylation sites is 1. The van der Waals surface area contributed by atoms with Crippen LogP contribution in [0.3, 0.4) is 0 Å². The summed E-state index contributed by atoms with van der Waals surface area (Å²) in [6.45, 7) is 3.21. The maximum Gasteiger partial charge on any atom is 0.166 e. The van der Waals surface area contributed by atoms with Crippen molar-refractivity contribution in [2.45, 2.75) is 19.3 Å². The SMILES string of the molecule is O=C(CCN1CCCC1)c1c[nH]c2ccccc12. The lowest BCUT2D eigenvalue weighted by molar-refractivity contribution is 0.0970. The number of likely N-dealkylation sites (tertiary alicyclic amines) is 1. The molecule has 18 heavy (non-hydrogen) atoms. The van der Waals surface area contributed by atoms with Gasteiger partial charge in [-0.25, -0.2) is 0 Å². The Balaban J connectivity index is 1.71. The van der Waals surface area contributed by atoms with Crippen LogP contribution < -0.4 is 0 Å². The maximum atomic E-state index is 12.2. The quantitative estimate of drug-likeness (QED) is 0.837. The molecule has 3 nitrogen and oxygen atoms in total. The van der Waals surface area contributed by atoms with Gasteiger partial charge in [-0.3, -0.25) is 4.79 Å². The third-order valence-electron chi connectivity index (χ3n) is 3.74. The number of H-pyrrole nitrogens is 1. The summed E-state index contributed by atoms with van der Waals surface area (Å²) in [7, 11) is 0. The number of hydrogen-bond acceptors (Lipinski definition) is 2. The van der Waals surface area contributed by atoms with Crippen molar-refractivity contribution in [1.82, 2.24) is 9.88 Å². The van der Waals surface area contributed by atoms with Gasteiger partial charge >= 0.3 is 0 Å². The van der Waals surface area contributed by atoms with Crippen molar-refractivity contribution < 1.29 is 4.79 Å². The van der Waals surface area contributed by atoms with Crippen LogP contribution in [0.2, 0.25) is 0 Å². The fourth-order valence-corrected chi connectivity index (χ4v) is 2.70. The molecule has 0 amide bonds. The average Bonchev–Trinajstić information content (AvgIpc) is 3.05. The van der Waals surface area contributed by atoms with E-state index in [1.54, 1.807) is 0 Å². The highest BCUT2D eigenvalue weighted by molar-refractivity contribution is 6.07. The van der Waals surface area contributed by atoms with E-state index in [4.69, 9.17) is 0 Å². The first-order valence-electron chi connectivity index (χ1n) is 6.66. The van der Waals surface area contributed by atoms with Crippen LogP contribution in [0, 0.1) is 0 Å². The minimum absolute atomic E-state index is 0.249. The van der Waals surface area contributed by atoms with Crippen molar-refractivity contribution in [3.63, 3.8) is 0 Å². The van der Waals surface area contributed by atoms with E-state index >= 15 is 0 Å². The van der Waals surface area contributed by atoms with Crippen LogP contribution in [-0.2, 0) is 0 Å². The molecule has 2 aromatic rings. The van der Waals surface area contributed by atoms with E-state index in [0.717, 1.165) is 36.1 Å². The van der Waals surface area contributed by atoms with Crippen molar-refractivity contribution in [1.29, 1.82) is 0 Å². The predicted molar refractivity (Wildman–Crippen MR) is 72.9 cm³/mol. The summed E-state index contributed by atoms with van der Waals surface area (Å²) in [5, 5.41) is 1.05. The largest absolute Gasteiger partial charge is 0.360 e. The van der Waals surface area contributed by atoms with Crippen LogP contribution in [0.1, 0.15) is 29.6 Å². The Morgan fingerprint density at radius 2 is 2.00 bits per heavy atom. The van der Waals surface area contributed by atoms with E-state index in [2.05, 4.69) is 9.88 Å². The van der Waals surface area contributed by atoms with Crippen LogP contribution in [0.4, 0.5) is 0 Å². The molecule has 0 unspecified atom stereocenters. The second-order valence-corrected chi connectivity index (χ2v) is 4.97. The summed E-state index contributed by atoms with van der Waals surface area (Å²) in [4.78, 5) is 17.8. The Morgan fingerprint density at radius 3 is 2.83 bits per heavy atom. The van der Waals surface area contributed by atoms with Crippen LogP contribution in [0.5, 0.6) is 0 Å². The van der Waals surface area contributed by atoms with E-state index in [0.29, 0.717) is 6.42 Å². The third kappa shape index (κ3) is 2.18. The monoisotopic (exact) mass is 242 g/mol. The summed E-state index contributed by atoms with van der Waals surface area (Å²) in [6, 6.07) is 7.98. The first-order valence-corrected chi connectivity index (χ1v) is 6.66. The molecule has 1 N–H and O–H groups in total. The molecule has 3 heteroatoms.